The summed E-state index contributed by atoms with van der Waals surface area (Å²) in [5.74, 6) is 1.45. The summed E-state index contributed by atoms with van der Waals surface area (Å²) in [5.41, 5.74) is 2.79. The number of aromatic nitrogens is 2. The molecule has 0 amide bonds. The quantitative estimate of drug-likeness (QED) is 0.797. The van der Waals surface area contributed by atoms with Crippen LogP contribution in [-0.4, -0.2) is 42.9 Å². The van der Waals surface area contributed by atoms with Gasteiger partial charge in [0.2, 0.25) is 0 Å². The molecule has 3 rings (SSSR count). The Morgan fingerprint density at radius 1 is 1.27 bits per heavy atom. The first-order valence-electron chi connectivity index (χ1n) is 7.95. The molecule has 1 aliphatic rings. The molecule has 5 nitrogen and oxygen atoms in total. The highest BCUT2D eigenvalue weighted by molar-refractivity contribution is 5.76. The van der Waals surface area contributed by atoms with Gasteiger partial charge in [-0.2, -0.15) is 0 Å². The molecule has 118 valence electrons. The van der Waals surface area contributed by atoms with Gasteiger partial charge < -0.3 is 14.8 Å². The molecule has 22 heavy (non-hydrogen) atoms. The average Bonchev–Trinajstić information content (AvgIpc) is 3.04. The van der Waals surface area contributed by atoms with Crippen LogP contribution in [0.3, 0.4) is 0 Å². The summed E-state index contributed by atoms with van der Waals surface area (Å²) in [5, 5.41) is 3.36. The Morgan fingerprint density at radius 2 is 2.09 bits per heavy atom. The van der Waals surface area contributed by atoms with E-state index in [1.165, 1.54) is 0 Å². The number of hydrogen-bond donors (Lipinski definition) is 1. The van der Waals surface area contributed by atoms with Crippen molar-refractivity contribution in [2.24, 2.45) is 5.92 Å². The highest BCUT2D eigenvalue weighted by Crippen LogP contribution is 2.16. The number of aryl methyl sites for hydroxylation is 1. The number of benzene rings is 1. The zero-order chi connectivity index (χ0) is 15.2. The molecule has 1 saturated heterocycles. The molecular formula is C17H23N3O2. The van der Waals surface area contributed by atoms with Crippen molar-refractivity contribution in [2.45, 2.75) is 19.8 Å². The van der Waals surface area contributed by atoms with Gasteiger partial charge in [0.1, 0.15) is 5.82 Å². The molecule has 5 heteroatoms. The standard InChI is InChI=1S/C17H23N3O2/c1-13-17(20-16-6-3-2-5-15(16)19-13)18-8-4-9-21-11-14-7-10-22-12-14/h2-3,5-6,14H,4,7-12H2,1H3,(H,18,20). The van der Waals surface area contributed by atoms with Gasteiger partial charge in [-0.25, -0.2) is 9.97 Å². The number of fused-ring (bicyclic) bond motifs is 1. The molecule has 0 bridgehead atoms. The first-order valence-corrected chi connectivity index (χ1v) is 7.95. The van der Waals surface area contributed by atoms with Crippen LogP contribution in [0.1, 0.15) is 18.5 Å². The Hall–Kier alpha value is -1.72. The molecule has 0 saturated carbocycles. The number of hydrogen-bond acceptors (Lipinski definition) is 5. The van der Waals surface area contributed by atoms with Crippen molar-refractivity contribution in [2.75, 3.05) is 38.3 Å². The summed E-state index contributed by atoms with van der Waals surface area (Å²) in [6, 6.07) is 7.94. The lowest BCUT2D eigenvalue weighted by Gasteiger charge is -2.11. The summed E-state index contributed by atoms with van der Waals surface area (Å²) in [6.45, 7) is 6.14. The van der Waals surface area contributed by atoms with E-state index in [0.717, 1.165) is 68.4 Å². The van der Waals surface area contributed by atoms with Crippen LogP contribution in [0.2, 0.25) is 0 Å². The van der Waals surface area contributed by atoms with E-state index in [9.17, 15) is 0 Å². The predicted molar refractivity (Wildman–Crippen MR) is 87.1 cm³/mol. The molecular weight excluding hydrogens is 278 g/mol. The fourth-order valence-corrected chi connectivity index (χ4v) is 2.60. The summed E-state index contributed by atoms with van der Waals surface area (Å²) in [4.78, 5) is 9.20. The van der Waals surface area contributed by atoms with E-state index in [-0.39, 0.29) is 0 Å². The minimum atomic E-state index is 0.585. The molecule has 1 aromatic heterocycles. The molecule has 0 radical (unpaired) electrons. The van der Waals surface area contributed by atoms with Crippen molar-refractivity contribution in [3.8, 4) is 0 Å². The number of anilines is 1. The van der Waals surface area contributed by atoms with E-state index >= 15 is 0 Å². The Morgan fingerprint density at radius 3 is 2.86 bits per heavy atom. The van der Waals surface area contributed by atoms with Gasteiger partial charge in [0.15, 0.2) is 0 Å². The Labute approximate surface area is 131 Å². The van der Waals surface area contributed by atoms with Crippen molar-refractivity contribution in [1.82, 2.24) is 9.97 Å². The normalized spacial score (nSPS) is 18.0. The van der Waals surface area contributed by atoms with Crippen molar-refractivity contribution >= 4 is 16.9 Å². The first-order chi connectivity index (χ1) is 10.8. The maximum Gasteiger partial charge on any atom is 0.148 e. The van der Waals surface area contributed by atoms with Crippen LogP contribution in [0.25, 0.3) is 11.0 Å². The van der Waals surface area contributed by atoms with Gasteiger partial charge >= 0.3 is 0 Å². The summed E-state index contributed by atoms with van der Waals surface area (Å²) in [6.07, 6.45) is 2.09. The maximum atomic E-state index is 5.70. The van der Waals surface area contributed by atoms with Gasteiger partial charge in [-0.3, -0.25) is 0 Å². The van der Waals surface area contributed by atoms with Crippen LogP contribution in [0.4, 0.5) is 5.82 Å². The summed E-state index contributed by atoms with van der Waals surface area (Å²) < 4.78 is 11.0. The minimum absolute atomic E-state index is 0.585. The molecule has 0 spiro atoms. The SMILES string of the molecule is Cc1nc2ccccc2nc1NCCCOCC1CCOC1. The lowest BCUT2D eigenvalue weighted by molar-refractivity contribution is 0.0897. The molecule has 1 atom stereocenters. The Kier molecular flexibility index (Phi) is 5.19. The third-order valence-corrected chi connectivity index (χ3v) is 3.88. The molecule has 1 N–H and O–H groups in total. The van der Waals surface area contributed by atoms with Crippen LogP contribution >= 0.6 is 0 Å². The fraction of sp³-hybridized carbons (Fsp3) is 0.529. The van der Waals surface area contributed by atoms with E-state index in [4.69, 9.17) is 9.47 Å². The van der Waals surface area contributed by atoms with E-state index in [1.807, 2.05) is 31.2 Å². The molecule has 1 fully saturated rings. The molecule has 1 aromatic carbocycles. The minimum Gasteiger partial charge on any atom is -0.381 e. The van der Waals surface area contributed by atoms with E-state index in [2.05, 4.69) is 15.3 Å². The number of nitrogens with one attached hydrogen (secondary N) is 1. The van der Waals surface area contributed by atoms with Gasteiger partial charge in [0.25, 0.3) is 0 Å². The lowest BCUT2D eigenvalue weighted by Crippen LogP contribution is -2.13. The van der Waals surface area contributed by atoms with Crippen molar-refractivity contribution in [3.63, 3.8) is 0 Å². The second-order valence-corrected chi connectivity index (χ2v) is 5.73. The Balaban J connectivity index is 1.42. The predicted octanol–water partition coefficient (Wildman–Crippen LogP) is 2.79. The summed E-state index contributed by atoms with van der Waals surface area (Å²) in [7, 11) is 0. The maximum absolute atomic E-state index is 5.70. The topological polar surface area (TPSA) is 56.3 Å². The molecule has 1 unspecified atom stereocenters. The van der Waals surface area contributed by atoms with Crippen LogP contribution in [0.15, 0.2) is 24.3 Å². The number of ether oxygens (including phenoxy) is 2. The second-order valence-electron chi connectivity index (χ2n) is 5.73. The fourth-order valence-electron chi connectivity index (χ4n) is 2.60. The molecule has 2 aromatic rings. The summed E-state index contributed by atoms with van der Waals surface area (Å²) >= 11 is 0. The van der Waals surface area contributed by atoms with Crippen LogP contribution in [-0.2, 0) is 9.47 Å². The number of nitrogens with zero attached hydrogens (tertiary/aromatic N) is 2. The molecule has 2 heterocycles. The van der Waals surface area contributed by atoms with Crippen molar-refractivity contribution in [1.29, 1.82) is 0 Å². The molecule has 0 aliphatic carbocycles. The number of para-hydroxylation sites is 2. The largest absolute Gasteiger partial charge is 0.381 e. The smallest absolute Gasteiger partial charge is 0.148 e. The average molecular weight is 301 g/mol. The Bertz CT molecular complexity index is 612. The number of rotatable bonds is 7. The highest BCUT2D eigenvalue weighted by atomic mass is 16.5. The monoisotopic (exact) mass is 301 g/mol. The molecule has 1 aliphatic heterocycles. The third-order valence-electron chi connectivity index (χ3n) is 3.88. The third kappa shape index (κ3) is 3.93. The lowest BCUT2D eigenvalue weighted by atomic mass is 10.1. The van der Waals surface area contributed by atoms with E-state index < -0.39 is 0 Å². The van der Waals surface area contributed by atoms with Gasteiger partial charge in [0.05, 0.1) is 29.9 Å². The zero-order valence-corrected chi connectivity index (χ0v) is 13.0. The van der Waals surface area contributed by atoms with Crippen LogP contribution in [0, 0.1) is 12.8 Å². The van der Waals surface area contributed by atoms with Gasteiger partial charge in [0, 0.05) is 25.7 Å². The second kappa shape index (κ2) is 7.51. The van der Waals surface area contributed by atoms with Crippen molar-refractivity contribution in [3.05, 3.63) is 30.0 Å². The van der Waals surface area contributed by atoms with Crippen molar-refractivity contribution < 1.29 is 9.47 Å². The highest BCUT2D eigenvalue weighted by Gasteiger charge is 2.15. The van der Waals surface area contributed by atoms with Gasteiger partial charge in [-0.1, -0.05) is 12.1 Å². The van der Waals surface area contributed by atoms with Crippen LogP contribution in [0.5, 0.6) is 0 Å². The van der Waals surface area contributed by atoms with Gasteiger partial charge in [-0.15, -0.1) is 0 Å². The van der Waals surface area contributed by atoms with E-state index in [1.54, 1.807) is 0 Å². The first kappa shape index (κ1) is 15.2. The zero-order valence-electron chi connectivity index (χ0n) is 13.0. The van der Waals surface area contributed by atoms with Crippen LogP contribution < -0.4 is 5.32 Å². The van der Waals surface area contributed by atoms with Gasteiger partial charge in [-0.05, 0) is 31.9 Å². The van der Waals surface area contributed by atoms with E-state index in [0.29, 0.717) is 5.92 Å².